The third kappa shape index (κ3) is 17.6. The maximum atomic E-state index is 14.7. The molecule has 7 rings (SSSR count). The standard InChI is InChI=1S/C55H68N14O10S2/c1-31(70)59-22-10-8-17-41(47(72)63-33-20-21-40-46(26-33)81-52(67-40)51-68-45(29-80-51)53(76)77)64-48(73)42(18-9-11-23-60-32(2)71)65-50(75)44(25-34-27-58-30-62-34)66-49(74)43(19-12-24-61-54(56)57-3)69-55(78)79-28-39-37-15-6-4-13-35(37)36-14-5-7-16-38(36)39/h4-7,13-16,20-21,26-27,30,39,41-45H,8-12,17-19,22-25,28-29H2,1-3H3,(H,58,62)(H,59,70)(H,60,71)(H,63,72)(H,64,73)(H,65,75)(H,66,74)(H,69,78)(H,76,77)(H3,56,57,61)/t41-,42-,43-,44-,45+/m0/s1. The van der Waals surface area contributed by atoms with Crippen LogP contribution >= 0.6 is 23.1 Å². The fourth-order valence-corrected chi connectivity index (χ4v) is 11.4. The second-order valence-corrected chi connectivity index (χ2v) is 21.5. The van der Waals surface area contributed by atoms with E-state index in [0.29, 0.717) is 89.1 Å². The van der Waals surface area contributed by atoms with E-state index in [0.717, 1.165) is 22.3 Å². The van der Waals surface area contributed by atoms with E-state index in [1.165, 1.54) is 56.5 Å². The average Bonchev–Trinajstić information content (AvgIpc) is 4.12. The van der Waals surface area contributed by atoms with E-state index in [1.807, 2.05) is 48.5 Å². The molecule has 1 aliphatic carbocycles. The molecule has 3 aromatic carbocycles. The lowest BCUT2D eigenvalue weighted by Crippen LogP contribution is -2.58. The topological polar surface area (TPSA) is 355 Å². The number of aromatic amines is 1. The summed E-state index contributed by atoms with van der Waals surface area (Å²) in [5.41, 5.74) is 11.4. The van der Waals surface area contributed by atoms with Crippen LogP contribution in [0.5, 0.6) is 0 Å². The van der Waals surface area contributed by atoms with Crippen LogP contribution < -0.4 is 48.3 Å². The molecule has 2 aliphatic rings. The van der Waals surface area contributed by atoms with Gasteiger partial charge in [0.15, 0.2) is 12.0 Å². The quantitative estimate of drug-likeness (QED) is 0.0186. The van der Waals surface area contributed by atoms with Gasteiger partial charge < -0.3 is 63.1 Å². The van der Waals surface area contributed by atoms with E-state index < -0.39 is 65.9 Å². The number of H-pyrrole nitrogens is 1. The van der Waals surface area contributed by atoms with Crippen molar-refractivity contribution in [1.29, 1.82) is 0 Å². The highest BCUT2D eigenvalue weighted by Gasteiger charge is 2.34. The number of benzene rings is 3. The minimum atomic E-state index is -1.34. The first-order chi connectivity index (χ1) is 39.1. The van der Waals surface area contributed by atoms with Crippen molar-refractivity contribution in [2.45, 2.75) is 108 Å². The largest absolute Gasteiger partial charge is 0.480 e. The van der Waals surface area contributed by atoms with Gasteiger partial charge in [-0.3, -0.25) is 38.8 Å². The molecule has 0 unspecified atom stereocenters. The number of carbonyl (C=O) groups is 8. The summed E-state index contributed by atoms with van der Waals surface area (Å²) >= 11 is 2.59. The molecule has 2 aromatic heterocycles. The van der Waals surface area contributed by atoms with Crippen LogP contribution in [0.4, 0.5) is 10.5 Å². The van der Waals surface area contributed by atoms with Gasteiger partial charge in [0.2, 0.25) is 35.4 Å². The predicted octanol–water partition coefficient (Wildman–Crippen LogP) is 3.44. The molecule has 81 heavy (non-hydrogen) atoms. The van der Waals surface area contributed by atoms with Crippen molar-refractivity contribution in [2.24, 2.45) is 15.7 Å². The van der Waals surface area contributed by atoms with Gasteiger partial charge in [-0.15, -0.1) is 23.1 Å². The minimum absolute atomic E-state index is 0.0172. The second kappa shape index (κ2) is 29.7. The number of amides is 7. The van der Waals surface area contributed by atoms with Crippen molar-refractivity contribution >= 4 is 97.5 Å². The lowest BCUT2D eigenvalue weighted by Gasteiger charge is -2.27. The number of carboxylic acid groups (broad SMARTS) is 1. The SMILES string of the molecule is CN=C(N)NCCC[C@H](NC(=O)OCC1c2ccccc2-c2ccccc21)C(=O)N[C@@H](Cc1cnc[nH]1)C(=O)N[C@@H](CCCCNC(C)=O)C(=O)N[C@@H](CCCCNC(C)=O)C(=O)Nc1ccc2nc(C3=N[C@@H](C(=O)O)CS3)sc2c1. The molecule has 0 spiro atoms. The number of aliphatic imine (C=N–C) groups is 2. The summed E-state index contributed by atoms with van der Waals surface area (Å²) < 4.78 is 6.52. The number of hydrogen-bond donors (Lipinski definition) is 11. The number of fused-ring (bicyclic) bond motifs is 4. The lowest BCUT2D eigenvalue weighted by molar-refractivity contribution is -0.137. The molecule has 12 N–H and O–H groups in total. The number of carboxylic acids is 1. The van der Waals surface area contributed by atoms with Crippen LogP contribution in [0.2, 0.25) is 0 Å². The van der Waals surface area contributed by atoms with Gasteiger partial charge in [-0.1, -0.05) is 48.5 Å². The molecule has 0 saturated heterocycles. The first-order valence-electron chi connectivity index (χ1n) is 26.7. The monoisotopic (exact) mass is 1150 g/mol. The summed E-state index contributed by atoms with van der Waals surface area (Å²) in [5.74, 6) is -4.02. The number of aliphatic carboxylic acids is 1. The number of rotatable bonds is 29. The van der Waals surface area contributed by atoms with E-state index in [1.54, 1.807) is 18.2 Å². The Bertz CT molecular complexity index is 3070. The molecular formula is C55H68N14O10S2. The summed E-state index contributed by atoms with van der Waals surface area (Å²) in [6.07, 6.45) is 4.18. The first kappa shape index (κ1) is 60.3. The van der Waals surface area contributed by atoms with Crippen LogP contribution in [0.1, 0.15) is 93.0 Å². The third-order valence-electron chi connectivity index (χ3n) is 13.4. The predicted molar refractivity (Wildman–Crippen MR) is 309 cm³/mol. The number of carbonyl (C=O) groups excluding carboxylic acids is 7. The van der Waals surface area contributed by atoms with Crippen molar-refractivity contribution in [1.82, 2.24) is 52.2 Å². The number of guanidine groups is 1. The van der Waals surface area contributed by atoms with Gasteiger partial charge in [-0.25, -0.2) is 19.6 Å². The summed E-state index contributed by atoms with van der Waals surface area (Å²) in [7, 11) is 1.52. The molecule has 1 aliphatic heterocycles. The number of ether oxygens (including phenoxy) is 1. The molecule has 0 bridgehead atoms. The minimum Gasteiger partial charge on any atom is -0.480 e. The van der Waals surface area contributed by atoms with Crippen LogP contribution in [-0.2, 0) is 44.7 Å². The average molecular weight is 1150 g/mol. The van der Waals surface area contributed by atoms with E-state index in [4.69, 9.17) is 10.5 Å². The maximum absolute atomic E-state index is 14.7. The Morgan fingerprint density at radius 2 is 1.32 bits per heavy atom. The number of anilines is 1. The Morgan fingerprint density at radius 1 is 0.741 bits per heavy atom. The second-order valence-electron chi connectivity index (χ2n) is 19.4. The number of hydrogen-bond acceptors (Lipinski definition) is 15. The molecule has 430 valence electrons. The fraction of sp³-hybridized carbons (Fsp3) is 0.418. The third-order valence-corrected chi connectivity index (χ3v) is 15.6. The fourth-order valence-electron chi connectivity index (χ4n) is 9.25. The molecule has 0 radical (unpaired) electrons. The Labute approximate surface area is 475 Å². The zero-order valence-corrected chi connectivity index (χ0v) is 46.8. The Kier molecular flexibility index (Phi) is 22.1. The van der Waals surface area contributed by atoms with Crippen LogP contribution in [0.15, 0.2) is 89.2 Å². The number of nitrogens with two attached hydrogens (primary N) is 1. The van der Waals surface area contributed by atoms with Gasteiger partial charge in [-0.05, 0) is 91.8 Å². The number of thiazole rings is 1. The molecule has 0 fully saturated rings. The lowest BCUT2D eigenvalue weighted by atomic mass is 9.98. The van der Waals surface area contributed by atoms with Crippen molar-refractivity contribution in [3.05, 3.63) is 101 Å². The van der Waals surface area contributed by atoms with E-state index in [9.17, 15) is 43.5 Å². The summed E-state index contributed by atoms with van der Waals surface area (Å²) in [4.78, 5) is 126. The number of aromatic nitrogens is 3. The highest BCUT2D eigenvalue weighted by Crippen LogP contribution is 2.44. The molecule has 24 nitrogen and oxygen atoms in total. The number of nitrogens with zero attached hydrogens (tertiary/aromatic N) is 4. The van der Waals surface area contributed by atoms with Crippen molar-refractivity contribution in [2.75, 3.05) is 44.4 Å². The molecule has 7 amide bonds. The molecule has 26 heteroatoms. The number of alkyl carbamates (subject to hydrolysis) is 1. The van der Waals surface area contributed by atoms with Crippen LogP contribution in [0.3, 0.4) is 0 Å². The summed E-state index contributed by atoms with van der Waals surface area (Å²) in [5, 5.41) is 33.0. The van der Waals surface area contributed by atoms with Crippen LogP contribution in [-0.4, -0.2) is 148 Å². The van der Waals surface area contributed by atoms with Crippen LogP contribution in [0.25, 0.3) is 21.3 Å². The van der Waals surface area contributed by atoms with Gasteiger partial charge in [-0.2, -0.15) is 0 Å². The molecule has 5 aromatic rings. The van der Waals surface area contributed by atoms with Crippen molar-refractivity contribution < 1.29 is 48.2 Å². The summed E-state index contributed by atoms with van der Waals surface area (Å²) in [6, 6.07) is 15.0. The van der Waals surface area contributed by atoms with Crippen molar-refractivity contribution in [3.63, 3.8) is 0 Å². The number of imidazole rings is 1. The van der Waals surface area contributed by atoms with Crippen LogP contribution in [0, 0.1) is 0 Å². The van der Waals surface area contributed by atoms with Gasteiger partial charge in [0.1, 0.15) is 40.8 Å². The first-order valence-corrected chi connectivity index (χ1v) is 28.5. The van der Waals surface area contributed by atoms with Gasteiger partial charge in [0, 0.05) is 76.2 Å². The highest BCUT2D eigenvalue weighted by atomic mass is 32.2. The zero-order valence-electron chi connectivity index (χ0n) is 45.2. The van der Waals surface area contributed by atoms with Gasteiger partial charge in [0.05, 0.1) is 16.5 Å². The number of nitrogens with one attached hydrogen (secondary N) is 9. The molecule has 5 atom stereocenters. The Morgan fingerprint density at radius 3 is 1.91 bits per heavy atom. The van der Waals surface area contributed by atoms with Gasteiger partial charge >= 0.3 is 12.1 Å². The Balaban J connectivity index is 1.08. The summed E-state index contributed by atoms with van der Waals surface area (Å²) in [6.45, 7) is 3.67. The number of unbranched alkanes of at least 4 members (excludes halogenated alkanes) is 2. The Hall–Kier alpha value is -8.39. The molecule has 0 saturated carbocycles. The van der Waals surface area contributed by atoms with E-state index in [2.05, 4.69) is 67.5 Å². The van der Waals surface area contributed by atoms with E-state index in [-0.39, 0.29) is 56.0 Å². The zero-order chi connectivity index (χ0) is 57.8. The maximum Gasteiger partial charge on any atom is 0.407 e. The number of thioether (sulfide) groups is 1. The van der Waals surface area contributed by atoms with E-state index >= 15 is 0 Å². The van der Waals surface area contributed by atoms with Crippen molar-refractivity contribution in [3.8, 4) is 11.1 Å². The normalized spacial score (nSPS) is 15.2. The smallest absolute Gasteiger partial charge is 0.407 e. The molecule has 3 heterocycles. The van der Waals surface area contributed by atoms with Gasteiger partial charge in [0.25, 0.3) is 0 Å². The molecular weight excluding hydrogens is 1080 g/mol. The highest BCUT2D eigenvalue weighted by molar-refractivity contribution is 8.15.